The maximum Gasteiger partial charge on any atom is 0.168 e. The second kappa shape index (κ2) is 11.2. The second-order valence-corrected chi connectivity index (χ2v) is 12.3. The summed E-state index contributed by atoms with van der Waals surface area (Å²) in [7, 11) is 0. The molecule has 0 bridgehead atoms. The van der Waals surface area contributed by atoms with E-state index in [2.05, 4.69) is 13.0 Å². The van der Waals surface area contributed by atoms with Gasteiger partial charge in [0.2, 0.25) is 0 Å². The number of rotatable bonds is 7. The van der Waals surface area contributed by atoms with Gasteiger partial charge in [-0.1, -0.05) is 44.7 Å². The van der Waals surface area contributed by atoms with E-state index in [1.165, 1.54) is 51.4 Å². The first-order chi connectivity index (χ1) is 17.0. The molecule has 35 heavy (non-hydrogen) atoms. The molecule has 4 heteroatoms. The van der Waals surface area contributed by atoms with Gasteiger partial charge in [0.15, 0.2) is 5.79 Å². The lowest BCUT2D eigenvalue weighted by Gasteiger charge is -2.43. The Labute approximate surface area is 212 Å². The molecule has 3 aliphatic carbocycles. The Morgan fingerprint density at radius 3 is 2.09 bits per heavy atom. The van der Waals surface area contributed by atoms with Gasteiger partial charge in [0.05, 0.1) is 18.8 Å². The highest BCUT2D eigenvalue weighted by molar-refractivity contribution is 5.31. The fourth-order valence-electron chi connectivity index (χ4n) is 7.83. The van der Waals surface area contributed by atoms with Crippen molar-refractivity contribution in [3.8, 4) is 0 Å². The van der Waals surface area contributed by atoms with Crippen molar-refractivity contribution in [2.45, 2.75) is 127 Å². The SMILES string of the molecule is CCCCCC1CCC(c2ccc(C3(O)CCC(C4CCC5(CC4)OCCO5)CC3)c(F)c2)CC1. The summed E-state index contributed by atoms with van der Waals surface area (Å²) in [6.07, 6.45) is 17.9. The van der Waals surface area contributed by atoms with Gasteiger partial charge in [-0.05, 0) is 99.5 Å². The van der Waals surface area contributed by atoms with E-state index in [9.17, 15) is 5.11 Å². The van der Waals surface area contributed by atoms with Crippen LogP contribution in [0.25, 0.3) is 0 Å². The van der Waals surface area contributed by atoms with E-state index >= 15 is 4.39 Å². The average Bonchev–Trinajstić information content (AvgIpc) is 3.33. The Kier molecular flexibility index (Phi) is 8.21. The highest BCUT2D eigenvalue weighted by atomic mass is 19.1. The molecule has 196 valence electrons. The van der Waals surface area contributed by atoms with E-state index in [4.69, 9.17) is 9.47 Å². The molecule has 1 saturated heterocycles. The summed E-state index contributed by atoms with van der Waals surface area (Å²) in [4.78, 5) is 0. The molecule has 1 aliphatic heterocycles. The molecule has 1 spiro atoms. The van der Waals surface area contributed by atoms with Gasteiger partial charge in [-0.3, -0.25) is 0 Å². The quantitative estimate of drug-likeness (QED) is 0.397. The van der Waals surface area contributed by atoms with Crippen LogP contribution < -0.4 is 0 Å². The molecule has 0 aromatic heterocycles. The molecule has 0 atom stereocenters. The van der Waals surface area contributed by atoms with Crippen LogP contribution in [0.1, 0.15) is 127 Å². The monoisotopic (exact) mass is 486 g/mol. The predicted octanol–water partition coefficient (Wildman–Crippen LogP) is 7.99. The molecular formula is C31H47FO3. The van der Waals surface area contributed by atoms with Crippen LogP contribution in [0.2, 0.25) is 0 Å². The summed E-state index contributed by atoms with van der Waals surface area (Å²) < 4.78 is 27.1. The number of unbranched alkanes of at least 4 members (excludes halogenated alkanes) is 2. The molecule has 5 rings (SSSR count). The van der Waals surface area contributed by atoms with Gasteiger partial charge in [0.1, 0.15) is 5.82 Å². The first kappa shape index (κ1) is 25.7. The van der Waals surface area contributed by atoms with Crippen molar-refractivity contribution in [1.29, 1.82) is 0 Å². The lowest BCUT2D eigenvalue weighted by atomic mass is 9.67. The number of ether oxygens (including phenoxy) is 2. The first-order valence-electron chi connectivity index (χ1n) is 14.8. The van der Waals surface area contributed by atoms with Crippen molar-refractivity contribution in [2.24, 2.45) is 17.8 Å². The third-order valence-corrected chi connectivity index (χ3v) is 10.2. The number of benzene rings is 1. The molecule has 1 heterocycles. The number of aliphatic hydroxyl groups is 1. The highest BCUT2D eigenvalue weighted by Gasteiger charge is 2.44. The Morgan fingerprint density at radius 2 is 1.49 bits per heavy atom. The number of hydrogen-bond acceptors (Lipinski definition) is 3. The minimum Gasteiger partial charge on any atom is -0.385 e. The van der Waals surface area contributed by atoms with Crippen LogP contribution in [0.15, 0.2) is 18.2 Å². The zero-order valence-corrected chi connectivity index (χ0v) is 21.9. The Bertz CT molecular complexity index is 807. The van der Waals surface area contributed by atoms with Gasteiger partial charge in [0.25, 0.3) is 0 Å². The van der Waals surface area contributed by atoms with Gasteiger partial charge in [-0.15, -0.1) is 0 Å². The van der Waals surface area contributed by atoms with Crippen LogP contribution in [-0.2, 0) is 15.1 Å². The molecule has 0 radical (unpaired) electrons. The minimum absolute atomic E-state index is 0.191. The van der Waals surface area contributed by atoms with Gasteiger partial charge < -0.3 is 14.6 Å². The van der Waals surface area contributed by atoms with Crippen LogP contribution in [0.5, 0.6) is 0 Å². The third kappa shape index (κ3) is 5.80. The lowest BCUT2D eigenvalue weighted by molar-refractivity contribution is -0.186. The largest absolute Gasteiger partial charge is 0.385 e. The summed E-state index contributed by atoms with van der Waals surface area (Å²) in [6.45, 7) is 3.72. The highest BCUT2D eigenvalue weighted by Crippen LogP contribution is 2.48. The smallest absolute Gasteiger partial charge is 0.168 e. The van der Waals surface area contributed by atoms with Crippen molar-refractivity contribution in [3.63, 3.8) is 0 Å². The Balaban J connectivity index is 1.13. The van der Waals surface area contributed by atoms with Gasteiger partial charge in [-0.25, -0.2) is 4.39 Å². The van der Waals surface area contributed by atoms with E-state index in [0.717, 1.165) is 63.2 Å². The molecule has 3 saturated carbocycles. The summed E-state index contributed by atoms with van der Waals surface area (Å²) in [5.41, 5.74) is 0.662. The second-order valence-electron chi connectivity index (χ2n) is 12.3. The van der Waals surface area contributed by atoms with Gasteiger partial charge >= 0.3 is 0 Å². The van der Waals surface area contributed by atoms with E-state index in [-0.39, 0.29) is 11.6 Å². The van der Waals surface area contributed by atoms with Crippen molar-refractivity contribution in [1.82, 2.24) is 0 Å². The van der Waals surface area contributed by atoms with E-state index in [1.54, 1.807) is 6.07 Å². The fraction of sp³-hybridized carbons (Fsp3) is 0.806. The van der Waals surface area contributed by atoms with E-state index in [1.807, 2.05) is 6.07 Å². The van der Waals surface area contributed by atoms with E-state index < -0.39 is 5.60 Å². The number of halogens is 1. The van der Waals surface area contributed by atoms with Gasteiger partial charge in [0, 0.05) is 18.4 Å². The maximum atomic E-state index is 15.4. The summed E-state index contributed by atoms with van der Waals surface area (Å²) >= 11 is 0. The maximum absolute atomic E-state index is 15.4. The third-order valence-electron chi connectivity index (χ3n) is 10.2. The van der Waals surface area contributed by atoms with Crippen LogP contribution in [0, 0.1) is 23.6 Å². The molecule has 4 fully saturated rings. The van der Waals surface area contributed by atoms with E-state index in [0.29, 0.717) is 36.2 Å². The zero-order chi connectivity index (χ0) is 24.3. The summed E-state index contributed by atoms with van der Waals surface area (Å²) in [5, 5.41) is 11.5. The zero-order valence-electron chi connectivity index (χ0n) is 21.9. The van der Waals surface area contributed by atoms with Gasteiger partial charge in [-0.2, -0.15) is 0 Å². The first-order valence-corrected chi connectivity index (χ1v) is 14.8. The van der Waals surface area contributed by atoms with Crippen molar-refractivity contribution in [2.75, 3.05) is 13.2 Å². The summed E-state index contributed by atoms with van der Waals surface area (Å²) in [5.74, 6) is 2.17. The van der Waals surface area contributed by atoms with Crippen LogP contribution in [-0.4, -0.2) is 24.1 Å². The Morgan fingerprint density at radius 1 is 0.857 bits per heavy atom. The molecular weight excluding hydrogens is 439 g/mol. The Hall–Kier alpha value is -0.970. The molecule has 3 nitrogen and oxygen atoms in total. The summed E-state index contributed by atoms with van der Waals surface area (Å²) in [6, 6.07) is 5.79. The van der Waals surface area contributed by atoms with Crippen LogP contribution in [0.4, 0.5) is 4.39 Å². The minimum atomic E-state index is -1.01. The molecule has 1 N–H and O–H groups in total. The van der Waals surface area contributed by atoms with Crippen molar-refractivity contribution >= 4 is 0 Å². The number of hydrogen-bond donors (Lipinski definition) is 1. The van der Waals surface area contributed by atoms with Crippen molar-refractivity contribution < 1.29 is 19.0 Å². The molecule has 1 aromatic rings. The lowest BCUT2D eigenvalue weighted by Crippen LogP contribution is -2.39. The standard InChI is InChI=1S/C31H47FO3/c1-2-3-4-5-23-6-8-24(9-7-23)27-10-11-28(29(32)22-27)30(33)16-12-25(13-17-30)26-14-18-31(19-15-26)34-20-21-35-31/h10-11,22-26,33H,2-9,12-21H2,1H3. The topological polar surface area (TPSA) is 38.7 Å². The predicted molar refractivity (Wildman–Crippen MR) is 138 cm³/mol. The molecule has 0 unspecified atom stereocenters. The van der Waals surface area contributed by atoms with Crippen LogP contribution >= 0.6 is 0 Å². The van der Waals surface area contributed by atoms with Crippen LogP contribution in [0.3, 0.4) is 0 Å². The molecule has 0 amide bonds. The molecule has 1 aromatic carbocycles. The normalized spacial score (nSPS) is 33.9. The fourth-order valence-corrected chi connectivity index (χ4v) is 7.83. The van der Waals surface area contributed by atoms with Crippen molar-refractivity contribution in [3.05, 3.63) is 35.1 Å². The molecule has 4 aliphatic rings. The average molecular weight is 487 g/mol.